The molecule has 0 aromatic heterocycles. The summed E-state index contributed by atoms with van der Waals surface area (Å²) in [4.78, 5) is 10.6. The van der Waals surface area contributed by atoms with Crippen molar-refractivity contribution in [1.82, 2.24) is 4.72 Å². The van der Waals surface area contributed by atoms with Gasteiger partial charge in [-0.2, -0.15) is 0 Å². The molecule has 0 atom stereocenters. The van der Waals surface area contributed by atoms with Crippen molar-refractivity contribution in [2.75, 3.05) is 12.3 Å². The van der Waals surface area contributed by atoms with E-state index in [1.165, 1.54) is 6.07 Å². The Labute approximate surface area is 100 Å². The summed E-state index contributed by atoms with van der Waals surface area (Å²) < 4.78 is 26.0. The molecule has 1 amide bonds. The molecule has 7 heteroatoms. The van der Waals surface area contributed by atoms with Crippen LogP contribution in [0, 0.1) is 13.8 Å². The molecule has 0 spiro atoms. The molecule has 1 aromatic rings. The third kappa shape index (κ3) is 2.95. The van der Waals surface area contributed by atoms with E-state index in [4.69, 9.17) is 11.5 Å². The van der Waals surface area contributed by atoms with Crippen molar-refractivity contribution in [3.05, 3.63) is 23.3 Å². The molecule has 94 valence electrons. The van der Waals surface area contributed by atoms with Gasteiger partial charge in [0, 0.05) is 0 Å². The van der Waals surface area contributed by atoms with Gasteiger partial charge in [0.1, 0.15) is 4.90 Å². The topological polar surface area (TPSA) is 115 Å². The van der Waals surface area contributed by atoms with Crippen molar-refractivity contribution in [1.29, 1.82) is 0 Å². The van der Waals surface area contributed by atoms with Crippen LogP contribution in [0.4, 0.5) is 5.69 Å². The van der Waals surface area contributed by atoms with Gasteiger partial charge in [-0.3, -0.25) is 4.79 Å². The second-order valence-electron chi connectivity index (χ2n) is 3.72. The number of hydrogen-bond acceptors (Lipinski definition) is 4. The normalized spacial score (nSPS) is 11.4. The van der Waals surface area contributed by atoms with Crippen molar-refractivity contribution in [3.8, 4) is 0 Å². The fraction of sp³-hybridized carbons (Fsp3) is 0.300. The second-order valence-corrected chi connectivity index (χ2v) is 5.42. The first kappa shape index (κ1) is 13.5. The van der Waals surface area contributed by atoms with Gasteiger partial charge in [0.15, 0.2) is 0 Å². The number of anilines is 1. The number of nitrogen functional groups attached to an aromatic ring is 1. The highest BCUT2D eigenvalue weighted by Gasteiger charge is 2.21. The fourth-order valence-corrected chi connectivity index (χ4v) is 2.83. The molecular weight excluding hydrogens is 242 g/mol. The predicted molar refractivity (Wildman–Crippen MR) is 64.7 cm³/mol. The monoisotopic (exact) mass is 257 g/mol. The number of nitrogens with one attached hydrogen (secondary N) is 1. The fourth-order valence-electron chi connectivity index (χ4n) is 1.41. The molecule has 0 saturated carbocycles. The Balaban J connectivity index is 3.24. The summed E-state index contributed by atoms with van der Waals surface area (Å²) in [5.41, 5.74) is 12.0. The molecule has 0 heterocycles. The van der Waals surface area contributed by atoms with Crippen LogP contribution in [0.2, 0.25) is 0 Å². The minimum atomic E-state index is -3.82. The van der Waals surface area contributed by atoms with Gasteiger partial charge in [-0.05, 0) is 31.0 Å². The summed E-state index contributed by atoms with van der Waals surface area (Å²) in [6, 6.07) is 3.25. The largest absolute Gasteiger partial charge is 0.398 e. The molecule has 6 nitrogen and oxygen atoms in total. The van der Waals surface area contributed by atoms with Crippen LogP contribution >= 0.6 is 0 Å². The summed E-state index contributed by atoms with van der Waals surface area (Å²) >= 11 is 0. The van der Waals surface area contributed by atoms with Gasteiger partial charge in [0.25, 0.3) is 0 Å². The van der Waals surface area contributed by atoms with E-state index in [1.54, 1.807) is 19.9 Å². The van der Waals surface area contributed by atoms with Crippen LogP contribution in [0.5, 0.6) is 0 Å². The first-order chi connectivity index (χ1) is 7.75. The molecule has 0 bridgehead atoms. The Kier molecular flexibility index (Phi) is 3.74. The molecule has 5 N–H and O–H groups in total. The van der Waals surface area contributed by atoms with Gasteiger partial charge >= 0.3 is 0 Å². The van der Waals surface area contributed by atoms with Gasteiger partial charge in [-0.15, -0.1) is 0 Å². The molecule has 0 aliphatic carbocycles. The smallest absolute Gasteiger partial charge is 0.243 e. The zero-order chi connectivity index (χ0) is 13.2. The maximum Gasteiger partial charge on any atom is 0.243 e. The van der Waals surface area contributed by atoms with Crippen LogP contribution in [-0.2, 0) is 14.8 Å². The number of aryl methyl sites for hydroxylation is 1. The zero-order valence-electron chi connectivity index (χ0n) is 9.65. The third-order valence-corrected chi connectivity index (χ3v) is 4.02. The highest BCUT2D eigenvalue weighted by atomic mass is 32.2. The van der Waals surface area contributed by atoms with Crippen molar-refractivity contribution in [2.45, 2.75) is 18.7 Å². The molecule has 1 rings (SSSR count). The Morgan fingerprint density at radius 3 is 2.47 bits per heavy atom. The van der Waals surface area contributed by atoms with Crippen LogP contribution in [0.15, 0.2) is 17.0 Å². The van der Waals surface area contributed by atoms with E-state index in [0.29, 0.717) is 5.56 Å². The summed E-state index contributed by atoms with van der Waals surface area (Å²) in [7, 11) is -3.82. The minimum Gasteiger partial charge on any atom is -0.398 e. The number of rotatable bonds is 4. The molecule has 0 unspecified atom stereocenters. The van der Waals surface area contributed by atoms with Crippen LogP contribution in [-0.4, -0.2) is 20.9 Å². The van der Waals surface area contributed by atoms with Crippen molar-refractivity contribution < 1.29 is 13.2 Å². The van der Waals surface area contributed by atoms with Crippen LogP contribution in [0.3, 0.4) is 0 Å². The molecule has 0 radical (unpaired) electrons. The first-order valence-electron chi connectivity index (χ1n) is 4.89. The molecule has 0 saturated heterocycles. The Bertz CT molecular complexity index is 552. The highest BCUT2D eigenvalue weighted by Crippen LogP contribution is 2.24. The molecular formula is C10H15N3O3S. The SMILES string of the molecule is Cc1ccc(N)c(S(=O)(=O)NCC(N)=O)c1C. The number of benzene rings is 1. The summed E-state index contributed by atoms with van der Waals surface area (Å²) in [6.07, 6.45) is 0. The van der Waals surface area contributed by atoms with Gasteiger partial charge < -0.3 is 11.5 Å². The van der Waals surface area contributed by atoms with Gasteiger partial charge in [-0.1, -0.05) is 6.07 Å². The summed E-state index contributed by atoms with van der Waals surface area (Å²) in [6.45, 7) is 2.99. The number of amides is 1. The van der Waals surface area contributed by atoms with E-state index < -0.39 is 22.5 Å². The number of carbonyl (C=O) groups is 1. The lowest BCUT2D eigenvalue weighted by Gasteiger charge is -2.12. The van der Waals surface area contributed by atoms with E-state index in [1.807, 2.05) is 0 Å². The van der Waals surface area contributed by atoms with E-state index in [9.17, 15) is 13.2 Å². The predicted octanol–water partition coefficient (Wildman–Crippen LogP) is -0.351. The van der Waals surface area contributed by atoms with Crippen LogP contribution in [0.1, 0.15) is 11.1 Å². The van der Waals surface area contributed by atoms with E-state index in [-0.39, 0.29) is 10.6 Å². The van der Waals surface area contributed by atoms with Gasteiger partial charge in [-0.25, -0.2) is 13.1 Å². The summed E-state index contributed by atoms with van der Waals surface area (Å²) in [5, 5.41) is 0. The minimum absolute atomic E-state index is 0.00116. The van der Waals surface area contributed by atoms with E-state index >= 15 is 0 Å². The van der Waals surface area contributed by atoms with Crippen molar-refractivity contribution >= 4 is 21.6 Å². The number of carbonyl (C=O) groups excluding carboxylic acids is 1. The Morgan fingerprint density at radius 2 is 1.94 bits per heavy atom. The molecule has 0 fully saturated rings. The number of primary amides is 1. The molecule has 0 aliphatic heterocycles. The van der Waals surface area contributed by atoms with Crippen molar-refractivity contribution in [2.24, 2.45) is 5.73 Å². The van der Waals surface area contributed by atoms with E-state index in [0.717, 1.165) is 5.56 Å². The van der Waals surface area contributed by atoms with Crippen LogP contribution in [0.25, 0.3) is 0 Å². The lowest BCUT2D eigenvalue weighted by atomic mass is 10.1. The number of sulfonamides is 1. The van der Waals surface area contributed by atoms with Gasteiger partial charge in [0.2, 0.25) is 15.9 Å². The number of hydrogen-bond donors (Lipinski definition) is 3. The Morgan fingerprint density at radius 1 is 1.35 bits per heavy atom. The molecule has 17 heavy (non-hydrogen) atoms. The lowest BCUT2D eigenvalue weighted by molar-refractivity contribution is -0.116. The average molecular weight is 257 g/mol. The average Bonchev–Trinajstić information content (AvgIpc) is 2.21. The Hall–Kier alpha value is -1.60. The second kappa shape index (κ2) is 4.72. The maximum atomic E-state index is 11.9. The lowest BCUT2D eigenvalue weighted by Crippen LogP contribution is -2.34. The van der Waals surface area contributed by atoms with E-state index in [2.05, 4.69) is 4.72 Å². The number of nitrogens with two attached hydrogens (primary N) is 2. The molecule has 1 aromatic carbocycles. The maximum absolute atomic E-state index is 11.9. The zero-order valence-corrected chi connectivity index (χ0v) is 10.5. The highest BCUT2D eigenvalue weighted by molar-refractivity contribution is 7.89. The van der Waals surface area contributed by atoms with Gasteiger partial charge in [0.05, 0.1) is 12.2 Å². The quantitative estimate of drug-likeness (QED) is 0.639. The molecule has 0 aliphatic rings. The first-order valence-corrected chi connectivity index (χ1v) is 6.37. The standard InChI is InChI=1S/C10H15N3O3S/c1-6-3-4-8(11)10(7(6)2)17(15,16)13-5-9(12)14/h3-4,13H,5,11H2,1-2H3,(H2,12,14). The third-order valence-electron chi connectivity index (χ3n) is 2.41. The van der Waals surface area contributed by atoms with Crippen molar-refractivity contribution in [3.63, 3.8) is 0 Å². The van der Waals surface area contributed by atoms with Crippen LogP contribution < -0.4 is 16.2 Å². The summed E-state index contributed by atoms with van der Waals surface area (Å²) in [5.74, 6) is -0.752.